The van der Waals surface area contributed by atoms with E-state index in [1.165, 1.54) is 13.3 Å². The average molecular weight is 477 g/mol. The van der Waals surface area contributed by atoms with Crippen LogP contribution in [-0.2, 0) is 0 Å². The van der Waals surface area contributed by atoms with E-state index in [-0.39, 0.29) is 11.7 Å². The molecule has 0 atom stereocenters. The zero-order valence-electron chi connectivity index (χ0n) is 19.9. The molecule has 0 saturated heterocycles. The fourth-order valence-corrected chi connectivity index (χ4v) is 3.01. The van der Waals surface area contributed by atoms with Crippen molar-refractivity contribution in [2.75, 3.05) is 20.3 Å². The first-order valence-corrected chi connectivity index (χ1v) is 11.2. The van der Waals surface area contributed by atoms with Gasteiger partial charge in [0.15, 0.2) is 11.5 Å². The lowest BCUT2D eigenvalue weighted by Crippen LogP contribution is -2.17. The predicted octanol–water partition coefficient (Wildman–Crippen LogP) is 4.87. The molecule has 3 aromatic rings. The summed E-state index contributed by atoms with van der Waals surface area (Å²) in [6.07, 6.45) is 2.38. The Hall–Kier alpha value is -4.33. The van der Waals surface area contributed by atoms with Crippen LogP contribution >= 0.6 is 0 Å². The smallest absolute Gasteiger partial charge is 0.343 e. The number of ether oxygens (including phenoxy) is 4. The van der Waals surface area contributed by atoms with E-state index < -0.39 is 5.97 Å². The molecule has 0 radical (unpaired) electrons. The Kier molecular flexibility index (Phi) is 9.24. The van der Waals surface area contributed by atoms with Gasteiger partial charge in [0.2, 0.25) is 0 Å². The normalized spacial score (nSPS) is 10.6. The lowest BCUT2D eigenvalue weighted by molar-refractivity contribution is 0.0729. The maximum Gasteiger partial charge on any atom is 0.343 e. The van der Waals surface area contributed by atoms with Crippen LogP contribution in [0, 0.1) is 0 Å². The lowest BCUT2D eigenvalue weighted by atomic mass is 10.2. The zero-order valence-corrected chi connectivity index (χ0v) is 19.9. The van der Waals surface area contributed by atoms with Crippen LogP contribution in [0.4, 0.5) is 0 Å². The average Bonchev–Trinajstić information content (AvgIpc) is 2.89. The summed E-state index contributed by atoms with van der Waals surface area (Å²) in [5.74, 6) is 1.13. The summed E-state index contributed by atoms with van der Waals surface area (Å²) in [4.78, 5) is 24.8. The van der Waals surface area contributed by atoms with Crippen molar-refractivity contribution in [1.29, 1.82) is 0 Å². The standard InChI is InChI=1S/C27H28N2O6/c1-4-16-34-23-11-7-20(8-12-23)26(30)29-28-18-19-6-15-24(25(17-19)32-3)35-27(31)21-9-13-22(14-10-21)33-5-2/h6-15,17-18H,4-5,16H2,1-3H3,(H,29,30)/b28-18+. The number of benzene rings is 3. The van der Waals surface area contributed by atoms with Gasteiger partial charge < -0.3 is 18.9 Å². The molecule has 0 aliphatic heterocycles. The van der Waals surface area contributed by atoms with E-state index >= 15 is 0 Å². The summed E-state index contributed by atoms with van der Waals surface area (Å²) in [6, 6.07) is 18.5. The molecular weight excluding hydrogens is 448 g/mol. The molecule has 1 amide bonds. The molecular formula is C27H28N2O6. The zero-order chi connectivity index (χ0) is 25.0. The monoisotopic (exact) mass is 476 g/mol. The molecule has 0 aliphatic rings. The molecule has 0 bridgehead atoms. The van der Waals surface area contributed by atoms with Gasteiger partial charge in [-0.25, -0.2) is 10.2 Å². The van der Waals surface area contributed by atoms with Crippen molar-refractivity contribution < 1.29 is 28.5 Å². The van der Waals surface area contributed by atoms with Gasteiger partial charge in [0.25, 0.3) is 5.91 Å². The van der Waals surface area contributed by atoms with E-state index in [9.17, 15) is 9.59 Å². The molecule has 1 N–H and O–H groups in total. The van der Waals surface area contributed by atoms with Gasteiger partial charge in [-0.1, -0.05) is 6.92 Å². The minimum absolute atomic E-state index is 0.262. The Morgan fingerprint density at radius 3 is 2.14 bits per heavy atom. The molecule has 0 heterocycles. The Bertz CT molecular complexity index is 1160. The quantitative estimate of drug-likeness (QED) is 0.184. The summed E-state index contributed by atoms with van der Waals surface area (Å²) < 4.78 is 21.7. The van der Waals surface area contributed by atoms with Crippen molar-refractivity contribution in [3.05, 3.63) is 83.4 Å². The van der Waals surface area contributed by atoms with Crippen molar-refractivity contribution in [2.45, 2.75) is 20.3 Å². The van der Waals surface area contributed by atoms with E-state index in [1.807, 2.05) is 13.8 Å². The molecule has 0 spiro atoms. The second kappa shape index (κ2) is 12.8. The topological polar surface area (TPSA) is 95.5 Å². The minimum Gasteiger partial charge on any atom is -0.494 e. The highest BCUT2D eigenvalue weighted by atomic mass is 16.6. The molecule has 182 valence electrons. The number of carbonyl (C=O) groups is 2. The molecule has 3 rings (SSSR count). The molecule has 0 aromatic heterocycles. The fraction of sp³-hybridized carbons (Fsp3) is 0.222. The summed E-state index contributed by atoms with van der Waals surface area (Å²) in [6.45, 7) is 5.08. The van der Waals surface area contributed by atoms with Crippen molar-refractivity contribution in [2.24, 2.45) is 5.10 Å². The number of hydrogen-bond donors (Lipinski definition) is 1. The van der Waals surface area contributed by atoms with Crippen LogP contribution in [0.15, 0.2) is 71.8 Å². The Morgan fingerprint density at radius 2 is 1.51 bits per heavy atom. The minimum atomic E-state index is -0.522. The van der Waals surface area contributed by atoms with E-state index in [0.717, 1.165) is 6.42 Å². The van der Waals surface area contributed by atoms with Crippen molar-refractivity contribution >= 4 is 18.1 Å². The third kappa shape index (κ3) is 7.33. The first-order valence-electron chi connectivity index (χ1n) is 11.2. The number of esters is 1. The molecule has 0 saturated carbocycles. The molecule has 0 unspecified atom stereocenters. The summed E-state index contributed by atoms with van der Waals surface area (Å²) in [5, 5.41) is 4.00. The highest BCUT2D eigenvalue weighted by Gasteiger charge is 2.13. The number of methoxy groups -OCH3 is 1. The van der Waals surface area contributed by atoms with Crippen molar-refractivity contribution in [3.8, 4) is 23.0 Å². The molecule has 35 heavy (non-hydrogen) atoms. The number of hydrogen-bond acceptors (Lipinski definition) is 7. The van der Waals surface area contributed by atoms with Crippen LogP contribution in [0.1, 0.15) is 46.5 Å². The molecule has 3 aromatic carbocycles. The van der Waals surface area contributed by atoms with Crippen LogP contribution in [0.3, 0.4) is 0 Å². The third-order valence-electron chi connectivity index (χ3n) is 4.76. The number of nitrogens with zero attached hydrogens (tertiary/aromatic N) is 1. The van der Waals surface area contributed by atoms with Gasteiger partial charge in [-0.2, -0.15) is 5.10 Å². The van der Waals surface area contributed by atoms with E-state index in [0.29, 0.717) is 47.2 Å². The van der Waals surface area contributed by atoms with Crippen LogP contribution in [0.2, 0.25) is 0 Å². The Balaban J connectivity index is 1.60. The van der Waals surface area contributed by atoms with Gasteiger partial charge in [0.05, 0.1) is 32.1 Å². The first kappa shape index (κ1) is 25.3. The Labute approximate surface area is 204 Å². The van der Waals surface area contributed by atoms with Gasteiger partial charge in [-0.3, -0.25) is 4.79 Å². The fourth-order valence-electron chi connectivity index (χ4n) is 3.01. The van der Waals surface area contributed by atoms with E-state index in [2.05, 4.69) is 10.5 Å². The summed E-state index contributed by atoms with van der Waals surface area (Å²) in [5.41, 5.74) is 3.97. The number of hydrazone groups is 1. The molecule has 8 heteroatoms. The Morgan fingerprint density at radius 1 is 0.857 bits per heavy atom. The number of amides is 1. The molecule has 8 nitrogen and oxygen atoms in total. The molecule has 0 aliphatic carbocycles. The van der Waals surface area contributed by atoms with Gasteiger partial charge in [0.1, 0.15) is 11.5 Å². The van der Waals surface area contributed by atoms with Gasteiger partial charge in [-0.15, -0.1) is 0 Å². The summed E-state index contributed by atoms with van der Waals surface area (Å²) >= 11 is 0. The maximum atomic E-state index is 12.5. The number of nitrogens with one attached hydrogen (secondary N) is 1. The van der Waals surface area contributed by atoms with Crippen molar-refractivity contribution in [3.63, 3.8) is 0 Å². The van der Waals surface area contributed by atoms with Crippen LogP contribution < -0.4 is 24.4 Å². The highest BCUT2D eigenvalue weighted by molar-refractivity contribution is 5.95. The number of rotatable bonds is 11. The van der Waals surface area contributed by atoms with Gasteiger partial charge >= 0.3 is 5.97 Å². The second-order valence-corrected chi connectivity index (χ2v) is 7.33. The van der Waals surface area contributed by atoms with Gasteiger partial charge in [0, 0.05) is 5.56 Å². The SMILES string of the molecule is CCCOc1ccc(C(=O)N/N=C/c2ccc(OC(=O)c3ccc(OCC)cc3)c(OC)c2)cc1. The first-order chi connectivity index (χ1) is 17.0. The van der Waals surface area contributed by atoms with Crippen LogP contribution in [-0.4, -0.2) is 38.4 Å². The van der Waals surface area contributed by atoms with Crippen molar-refractivity contribution in [1.82, 2.24) is 5.43 Å². The molecule has 0 fully saturated rings. The van der Waals surface area contributed by atoms with Gasteiger partial charge in [-0.05, 0) is 85.6 Å². The second-order valence-electron chi connectivity index (χ2n) is 7.33. The van der Waals surface area contributed by atoms with Crippen LogP contribution in [0.25, 0.3) is 0 Å². The lowest BCUT2D eigenvalue weighted by Gasteiger charge is -2.10. The van der Waals surface area contributed by atoms with E-state index in [1.54, 1.807) is 66.7 Å². The highest BCUT2D eigenvalue weighted by Crippen LogP contribution is 2.28. The number of carbonyl (C=O) groups excluding carboxylic acids is 2. The maximum absolute atomic E-state index is 12.5. The largest absolute Gasteiger partial charge is 0.494 e. The third-order valence-corrected chi connectivity index (χ3v) is 4.76. The van der Waals surface area contributed by atoms with E-state index in [4.69, 9.17) is 18.9 Å². The predicted molar refractivity (Wildman–Crippen MR) is 133 cm³/mol. The van der Waals surface area contributed by atoms with Crippen LogP contribution in [0.5, 0.6) is 23.0 Å². The summed E-state index contributed by atoms with van der Waals surface area (Å²) in [7, 11) is 1.47.